The average Bonchev–Trinajstić information content (AvgIpc) is 2.61. The van der Waals surface area contributed by atoms with Crippen LogP contribution in [-0.2, 0) is 0 Å². The van der Waals surface area contributed by atoms with Gasteiger partial charge in [-0.25, -0.2) is 0 Å². The van der Waals surface area contributed by atoms with E-state index in [2.05, 4.69) is 30.7 Å². The summed E-state index contributed by atoms with van der Waals surface area (Å²) in [6, 6.07) is 9.23. The van der Waals surface area contributed by atoms with Crippen LogP contribution in [0.3, 0.4) is 0 Å². The standard InChI is InChI=1S/C21H32N2O2/c1-4-12-23(13-6-7-17(3)5-2)14-15-25-19-10-8-18-9-11-21(24)22-20(18)16-19/h8-11,16-17H,4-7,12-15H2,1-3H3,(H,22,24)/t17-/m1/s1. The smallest absolute Gasteiger partial charge is 0.248 e. The van der Waals surface area contributed by atoms with Gasteiger partial charge >= 0.3 is 0 Å². The maximum Gasteiger partial charge on any atom is 0.248 e. The Balaban J connectivity index is 1.83. The van der Waals surface area contributed by atoms with Gasteiger partial charge in [0.05, 0.1) is 5.52 Å². The Morgan fingerprint density at radius 1 is 1.12 bits per heavy atom. The SMILES string of the molecule is CCCN(CCC[C@H](C)CC)CCOc1ccc2ccc(=O)[nH]c2c1. The minimum Gasteiger partial charge on any atom is -0.492 e. The number of rotatable bonds is 11. The monoisotopic (exact) mass is 344 g/mol. The molecule has 0 bridgehead atoms. The van der Waals surface area contributed by atoms with Gasteiger partial charge in [-0.15, -0.1) is 0 Å². The van der Waals surface area contributed by atoms with Gasteiger partial charge in [0.25, 0.3) is 0 Å². The average molecular weight is 344 g/mol. The highest BCUT2D eigenvalue weighted by Crippen LogP contribution is 2.18. The van der Waals surface area contributed by atoms with Gasteiger partial charge in [0.1, 0.15) is 12.4 Å². The van der Waals surface area contributed by atoms with Crippen LogP contribution >= 0.6 is 0 Å². The maximum absolute atomic E-state index is 11.4. The second-order valence-corrected chi connectivity index (χ2v) is 6.92. The summed E-state index contributed by atoms with van der Waals surface area (Å²) in [5, 5.41) is 1.02. The molecule has 25 heavy (non-hydrogen) atoms. The number of hydrogen-bond acceptors (Lipinski definition) is 3. The fraction of sp³-hybridized carbons (Fsp3) is 0.571. The lowest BCUT2D eigenvalue weighted by molar-refractivity contribution is 0.203. The predicted molar refractivity (Wildman–Crippen MR) is 105 cm³/mol. The van der Waals surface area contributed by atoms with Crippen LogP contribution < -0.4 is 10.3 Å². The van der Waals surface area contributed by atoms with E-state index in [9.17, 15) is 4.79 Å². The third-order valence-corrected chi connectivity index (χ3v) is 4.78. The topological polar surface area (TPSA) is 45.3 Å². The van der Waals surface area contributed by atoms with E-state index in [0.717, 1.165) is 42.2 Å². The molecular formula is C21H32N2O2. The zero-order valence-electron chi connectivity index (χ0n) is 15.9. The Kier molecular flexibility index (Phi) is 7.99. The van der Waals surface area contributed by atoms with Crippen LogP contribution in [-0.4, -0.2) is 36.1 Å². The van der Waals surface area contributed by atoms with Crippen LogP contribution in [0.1, 0.15) is 46.5 Å². The highest BCUT2D eigenvalue weighted by molar-refractivity contribution is 5.79. The predicted octanol–water partition coefficient (Wildman–Crippen LogP) is 4.45. The number of nitrogens with one attached hydrogen (secondary N) is 1. The quantitative estimate of drug-likeness (QED) is 0.655. The zero-order chi connectivity index (χ0) is 18.1. The molecule has 138 valence electrons. The molecule has 0 aliphatic heterocycles. The van der Waals surface area contributed by atoms with Crippen LogP contribution in [0.25, 0.3) is 10.9 Å². The first-order valence-corrected chi connectivity index (χ1v) is 9.60. The second-order valence-electron chi connectivity index (χ2n) is 6.92. The molecule has 2 aromatic rings. The van der Waals surface area contributed by atoms with Crippen LogP contribution in [0.15, 0.2) is 35.1 Å². The number of pyridine rings is 1. The normalized spacial score (nSPS) is 12.6. The van der Waals surface area contributed by atoms with Crippen molar-refractivity contribution in [2.45, 2.75) is 46.5 Å². The van der Waals surface area contributed by atoms with Crippen LogP contribution in [0.4, 0.5) is 0 Å². The third kappa shape index (κ3) is 6.54. The Hall–Kier alpha value is -1.81. The Morgan fingerprint density at radius 3 is 2.68 bits per heavy atom. The lowest BCUT2D eigenvalue weighted by atomic mass is 10.0. The van der Waals surface area contributed by atoms with Gasteiger partial charge in [-0.2, -0.15) is 0 Å². The van der Waals surface area contributed by atoms with Crippen molar-refractivity contribution in [3.63, 3.8) is 0 Å². The molecule has 0 saturated carbocycles. The Bertz CT molecular complexity index is 696. The van der Waals surface area contributed by atoms with E-state index in [1.165, 1.54) is 25.7 Å². The van der Waals surface area contributed by atoms with Crippen molar-refractivity contribution >= 4 is 10.9 Å². The van der Waals surface area contributed by atoms with Crippen molar-refractivity contribution in [2.24, 2.45) is 5.92 Å². The molecule has 0 unspecified atom stereocenters. The first-order valence-electron chi connectivity index (χ1n) is 9.60. The number of aromatic amines is 1. The molecule has 0 amide bonds. The molecule has 1 atom stereocenters. The Labute approximate surface area is 151 Å². The maximum atomic E-state index is 11.4. The summed E-state index contributed by atoms with van der Waals surface area (Å²) in [7, 11) is 0. The molecule has 0 fully saturated rings. The summed E-state index contributed by atoms with van der Waals surface area (Å²) in [6.07, 6.45) is 4.99. The van der Waals surface area contributed by atoms with Gasteiger partial charge in [-0.1, -0.05) is 27.2 Å². The highest BCUT2D eigenvalue weighted by Gasteiger charge is 2.06. The van der Waals surface area contributed by atoms with Crippen molar-refractivity contribution in [1.29, 1.82) is 0 Å². The number of hydrogen-bond donors (Lipinski definition) is 1. The van der Waals surface area contributed by atoms with E-state index in [4.69, 9.17) is 4.74 Å². The van der Waals surface area contributed by atoms with Crippen LogP contribution in [0.5, 0.6) is 5.75 Å². The molecule has 0 radical (unpaired) electrons. The van der Waals surface area contributed by atoms with Gasteiger partial charge in [0, 0.05) is 18.7 Å². The van der Waals surface area contributed by atoms with E-state index in [1.54, 1.807) is 6.07 Å². The first-order chi connectivity index (χ1) is 12.1. The third-order valence-electron chi connectivity index (χ3n) is 4.78. The van der Waals surface area contributed by atoms with E-state index in [1.807, 2.05) is 24.3 Å². The molecule has 0 aliphatic carbocycles. The highest BCUT2D eigenvalue weighted by atomic mass is 16.5. The summed E-state index contributed by atoms with van der Waals surface area (Å²) in [6.45, 7) is 10.7. The van der Waals surface area contributed by atoms with E-state index < -0.39 is 0 Å². The Morgan fingerprint density at radius 2 is 1.92 bits per heavy atom. The van der Waals surface area contributed by atoms with Gasteiger partial charge < -0.3 is 9.72 Å². The molecule has 1 aromatic heterocycles. The molecule has 4 nitrogen and oxygen atoms in total. The summed E-state index contributed by atoms with van der Waals surface area (Å²) in [4.78, 5) is 16.8. The number of benzene rings is 1. The molecule has 1 N–H and O–H groups in total. The number of fused-ring (bicyclic) bond motifs is 1. The molecule has 0 aliphatic rings. The molecule has 0 spiro atoms. The number of H-pyrrole nitrogens is 1. The lowest BCUT2D eigenvalue weighted by Crippen LogP contribution is -2.30. The summed E-state index contributed by atoms with van der Waals surface area (Å²) in [5.74, 6) is 1.63. The van der Waals surface area contributed by atoms with Crippen LogP contribution in [0.2, 0.25) is 0 Å². The minimum absolute atomic E-state index is 0.0833. The molecule has 2 rings (SSSR count). The van der Waals surface area contributed by atoms with Crippen molar-refractivity contribution < 1.29 is 4.74 Å². The number of nitrogens with zero attached hydrogens (tertiary/aromatic N) is 1. The zero-order valence-corrected chi connectivity index (χ0v) is 15.9. The van der Waals surface area contributed by atoms with Gasteiger partial charge in [-0.05, 0) is 61.9 Å². The van der Waals surface area contributed by atoms with Crippen molar-refractivity contribution in [2.75, 3.05) is 26.2 Å². The largest absolute Gasteiger partial charge is 0.492 e. The fourth-order valence-electron chi connectivity index (χ4n) is 3.03. The summed E-state index contributed by atoms with van der Waals surface area (Å²) in [5.41, 5.74) is 0.740. The van der Waals surface area contributed by atoms with E-state index >= 15 is 0 Å². The lowest BCUT2D eigenvalue weighted by Gasteiger charge is -2.22. The van der Waals surface area contributed by atoms with Gasteiger partial charge in [0.2, 0.25) is 5.56 Å². The van der Waals surface area contributed by atoms with E-state index in [-0.39, 0.29) is 5.56 Å². The minimum atomic E-state index is -0.0833. The van der Waals surface area contributed by atoms with Gasteiger partial charge in [-0.3, -0.25) is 9.69 Å². The molecule has 4 heteroatoms. The molecule has 1 aromatic carbocycles. The van der Waals surface area contributed by atoms with Gasteiger partial charge in [0.15, 0.2) is 0 Å². The summed E-state index contributed by atoms with van der Waals surface area (Å²) < 4.78 is 5.92. The molecular weight excluding hydrogens is 312 g/mol. The number of ether oxygens (including phenoxy) is 1. The van der Waals surface area contributed by atoms with Crippen molar-refractivity contribution in [1.82, 2.24) is 9.88 Å². The van der Waals surface area contributed by atoms with Crippen molar-refractivity contribution in [3.8, 4) is 5.75 Å². The second kappa shape index (κ2) is 10.2. The molecule has 0 saturated heterocycles. The number of aromatic nitrogens is 1. The first kappa shape index (κ1) is 19.5. The van der Waals surface area contributed by atoms with Crippen molar-refractivity contribution in [3.05, 3.63) is 40.7 Å². The van der Waals surface area contributed by atoms with E-state index in [0.29, 0.717) is 6.61 Å². The molecule has 1 heterocycles. The fourth-order valence-corrected chi connectivity index (χ4v) is 3.03. The van der Waals surface area contributed by atoms with Crippen LogP contribution in [0, 0.1) is 5.92 Å². The summed E-state index contributed by atoms with van der Waals surface area (Å²) >= 11 is 0.